The fourth-order valence-electron chi connectivity index (χ4n) is 2.42. The molecule has 124 valence electrons. The molecule has 1 aliphatic rings. The molecule has 0 unspecified atom stereocenters. The van der Waals surface area contributed by atoms with Gasteiger partial charge in [-0.1, -0.05) is 30.3 Å². The zero-order valence-corrected chi connectivity index (χ0v) is 13.9. The van der Waals surface area contributed by atoms with Crippen LogP contribution in [0.1, 0.15) is 33.3 Å². The van der Waals surface area contributed by atoms with Crippen LogP contribution in [0, 0.1) is 0 Å². The Labute approximate surface area is 135 Å². The maximum Gasteiger partial charge on any atom is 0.426 e. The molecular formula is C16H21N3O4. The van der Waals surface area contributed by atoms with Crippen molar-refractivity contribution in [2.45, 2.75) is 38.8 Å². The highest BCUT2D eigenvalue weighted by Gasteiger charge is 2.55. The molecule has 1 aromatic rings. The summed E-state index contributed by atoms with van der Waals surface area (Å²) in [5.41, 5.74) is 0.946. The highest BCUT2D eigenvalue weighted by molar-refractivity contribution is 6.07. The first-order chi connectivity index (χ1) is 10.6. The number of carbonyl (C=O) groups is 3. The fourth-order valence-corrected chi connectivity index (χ4v) is 2.42. The van der Waals surface area contributed by atoms with Gasteiger partial charge in [0, 0.05) is 7.05 Å². The number of hydrogen-bond donors (Lipinski definition) is 1. The highest BCUT2D eigenvalue weighted by Crippen LogP contribution is 2.35. The van der Waals surface area contributed by atoms with Gasteiger partial charge in [-0.2, -0.15) is 0 Å². The number of hydrogen-bond acceptors (Lipinski definition) is 4. The summed E-state index contributed by atoms with van der Waals surface area (Å²) in [7, 11) is 1.38. The average molecular weight is 319 g/mol. The summed E-state index contributed by atoms with van der Waals surface area (Å²) in [6.45, 7) is 6.73. The van der Waals surface area contributed by atoms with Gasteiger partial charge < -0.3 is 4.74 Å². The lowest BCUT2D eigenvalue weighted by molar-refractivity contribution is -0.132. The molecule has 0 saturated carbocycles. The monoisotopic (exact) mass is 319 g/mol. The van der Waals surface area contributed by atoms with Crippen LogP contribution in [0.4, 0.5) is 9.59 Å². The number of nitrogens with zero attached hydrogens (tertiary/aromatic N) is 2. The Morgan fingerprint density at radius 3 is 2.26 bits per heavy atom. The summed E-state index contributed by atoms with van der Waals surface area (Å²) in [4.78, 5) is 38.0. The van der Waals surface area contributed by atoms with Crippen LogP contribution in [0.3, 0.4) is 0 Å². The van der Waals surface area contributed by atoms with Crippen LogP contribution in [0.2, 0.25) is 0 Å². The van der Waals surface area contributed by atoms with Crippen LogP contribution in [0.5, 0.6) is 0 Å². The lowest BCUT2D eigenvalue weighted by atomic mass is 9.91. The summed E-state index contributed by atoms with van der Waals surface area (Å²) in [6.07, 6.45) is -0.795. The minimum absolute atomic E-state index is 0.426. The van der Waals surface area contributed by atoms with Gasteiger partial charge in [0.2, 0.25) is 0 Å². The van der Waals surface area contributed by atoms with Crippen LogP contribution in [-0.4, -0.2) is 40.6 Å². The van der Waals surface area contributed by atoms with Crippen LogP contribution in [0.15, 0.2) is 30.3 Å². The number of carbonyl (C=O) groups excluding carboxylic acids is 3. The molecule has 1 N–H and O–H groups in total. The van der Waals surface area contributed by atoms with Gasteiger partial charge in [0.15, 0.2) is 5.54 Å². The number of rotatable bonds is 2. The molecule has 1 aliphatic heterocycles. The van der Waals surface area contributed by atoms with Gasteiger partial charge in [-0.3, -0.25) is 9.69 Å². The molecule has 7 nitrogen and oxygen atoms in total. The number of urea groups is 1. The van der Waals surface area contributed by atoms with Crippen LogP contribution < -0.4 is 5.43 Å². The number of nitrogens with one attached hydrogen (secondary N) is 1. The van der Waals surface area contributed by atoms with E-state index in [1.54, 1.807) is 52.0 Å². The van der Waals surface area contributed by atoms with Crippen molar-refractivity contribution in [3.63, 3.8) is 0 Å². The minimum Gasteiger partial charge on any atom is -0.443 e. The SMILES string of the molecule is CN1C(=O)N(NC(=O)OC(C)(C)C)[C@](C)(c2ccccc2)C1=O. The number of likely N-dealkylation sites (N-methyl/N-ethyl adjacent to an activating group) is 1. The van der Waals surface area contributed by atoms with E-state index in [4.69, 9.17) is 4.74 Å². The maximum absolute atomic E-state index is 12.6. The van der Waals surface area contributed by atoms with Crippen molar-refractivity contribution in [1.29, 1.82) is 0 Å². The van der Waals surface area contributed by atoms with Crippen LogP contribution in [-0.2, 0) is 15.1 Å². The first kappa shape index (κ1) is 16.8. The molecule has 1 heterocycles. The Morgan fingerprint density at radius 1 is 1.17 bits per heavy atom. The summed E-state index contributed by atoms with van der Waals surface area (Å²) < 4.78 is 5.17. The molecule has 0 radical (unpaired) electrons. The molecule has 23 heavy (non-hydrogen) atoms. The topological polar surface area (TPSA) is 79.0 Å². The number of amides is 4. The number of ether oxygens (including phenoxy) is 1. The molecule has 1 atom stereocenters. The molecule has 7 heteroatoms. The lowest BCUT2D eigenvalue weighted by Gasteiger charge is -2.32. The number of hydrazine groups is 1. The molecule has 0 aliphatic carbocycles. The van der Waals surface area contributed by atoms with E-state index in [0.717, 1.165) is 9.91 Å². The third kappa shape index (κ3) is 2.99. The van der Waals surface area contributed by atoms with E-state index in [0.29, 0.717) is 5.56 Å². The fraction of sp³-hybridized carbons (Fsp3) is 0.438. The largest absolute Gasteiger partial charge is 0.443 e. The summed E-state index contributed by atoms with van der Waals surface area (Å²) >= 11 is 0. The van der Waals surface area contributed by atoms with Gasteiger partial charge in [-0.25, -0.2) is 20.0 Å². The van der Waals surface area contributed by atoms with Crippen molar-refractivity contribution in [2.75, 3.05) is 7.05 Å². The highest BCUT2D eigenvalue weighted by atomic mass is 16.6. The molecule has 1 aromatic carbocycles. The summed E-state index contributed by atoms with van der Waals surface area (Å²) in [5.74, 6) is -0.426. The smallest absolute Gasteiger partial charge is 0.426 e. The summed E-state index contributed by atoms with van der Waals surface area (Å²) in [5, 5.41) is 1.01. The second kappa shape index (κ2) is 5.57. The third-order valence-corrected chi connectivity index (χ3v) is 3.58. The lowest BCUT2D eigenvalue weighted by Crippen LogP contribution is -2.54. The quantitative estimate of drug-likeness (QED) is 0.848. The Hall–Kier alpha value is -2.57. The molecular weight excluding hydrogens is 298 g/mol. The van der Waals surface area contributed by atoms with Gasteiger partial charge in [-0.05, 0) is 33.3 Å². The first-order valence-electron chi connectivity index (χ1n) is 7.25. The van der Waals surface area contributed by atoms with E-state index in [9.17, 15) is 14.4 Å². The Kier molecular flexibility index (Phi) is 4.07. The zero-order valence-electron chi connectivity index (χ0n) is 13.9. The Bertz CT molecular complexity index is 638. The van der Waals surface area contributed by atoms with Gasteiger partial charge >= 0.3 is 12.1 Å². The Balaban J connectivity index is 2.37. The van der Waals surface area contributed by atoms with Crippen molar-refractivity contribution >= 4 is 18.0 Å². The first-order valence-corrected chi connectivity index (χ1v) is 7.25. The van der Waals surface area contributed by atoms with Crippen molar-refractivity contribution < 1.29 is 19.1 Å². The predicted octanol–water partition coefficient (Wildman–Crippen LogP) is 2.24. The van der Waals surface area contributed by atoms with Crippen molar-refractivity contribution in [3.05, 3.63) is 35.9 Å². The van der Waals surface area contributed by atoms with Gasteiger partial charge in [0.1, 0.15) is 5.60 Å². The second-order valence-corrected chi connectivity index (χ2v) is 6.53. The average Bonchev–Trinajstić information content (AvgIpc) is 2.63. The Morgan fingerprint density at radius 2 is 1.74 bits per heavy atom. The van der Waals surface area contributed by atoms with E-state index >= 15 is 0 Å². The van der Waals surface area contributed by atoms with E-state index in [1.807, 2.05) is 6.07 Å². The van der Waals surface area contributed by atoms with Crippen molar-refractivity contribution in [3.8, 4) is 0 Å². The molecule has 0 spiro atoms. The van der Waals surface area contributed by atoms with E-state index < -0.39 is 29.2 Å². The molecule has 0 aromatic heterocycles. The van der Waals surface area contributed by atoms with E-state index in [-0.39, 0.29) is 0 Å². The number of benzene rings is 1. The molecule has 4 amide bonds. The standard InChI is InChI=1S/C16H21N3O4/c1-15(2,3)23-13(21)17-19-14(22)18(5)12(20)16(19,4)11-9-7-6-8-10-11/h6-10H,1-5H3,(H,17,21)/t16-/m1/s1. The third-order valence-electron chi connectivity index (χ3n) is 3.58. The van der Waals surface area contributed by atoms with Crippen molar-refractivity contribution in [1.82, 2.24) is 15.3 Å². The van der Waals surface area contributed by atoms with Crippen LogP contribution in [0.25, 0.3) is 0 Å². The van der Waals surface area contributed by atoms with Gasteiger partial charge in [0.25, 0.3) is 5.91 Å². The molecule has 1 saturated heterocycles. The normalized spacial score (nSPS) is 21.6. The zero-order chi connectivity index (χ0) is 17.4. The minimum atomic E-state index is -1.33. The predicted molar refractivity (Wildman–Crippen MR) is 83.2 cm³/mol. The molecule has 1 fully saturated rings. The van der Waals surface area contributed by atoms with E-state index in [2.05, 4.69) is 5.43 Å². The maximum atomic E-state index is 12.6. The van der Waals surface area contributed by atoms with Gasteiger partial charge in [-0.15, -0.1) is 0 Å². The molecule has 0 bridgehead atoms. The van der Waals surface area contributed by atoms with Gasteiger partial charge in [0.05, 0.1) is 0 Å². The second-order valence-electron chi connectivity index (χ2n) is 6.53. The number of imide groups is 1. The van der Waals surface area contributed by atoms with E-state index in [1.165, 1.54) is 7.05 Å². The summed E-state index contributed by atoms with van der Waals surface area (Å²) in [6, 6.07) is 8.18. The van der Waals surface area contributed by atoms with Crippen LogP contribution >= 0.6 is 0 Å². The molecule has 2 rings (SSSR count). The van der Waals surface area contributed by atoms with Crippen molar-refractivity contribution in [2.24, 2.45) is 0 Å².